The summed E-state index contributed by atoms with van der Waals surface area (Å²) in [7, 11) is -3.63. The molecule has 1 aliphatic heterocycles. The Morgan fingerprint density at radius 3 is 2.75 bits per heavy atom. The number of aromatic carboxylic acids is 1. The summed E-state index contributed by atoms with van der Waals surface area (Å²) in [6.45, 7) is 3.90. The second kappa shape index (κ2) is 5.90. The summed E-state index contributed by atoms with van der Waals surface area (Å²) in [6.07, 6.45) is 0.747. The van der Waals surface area contributed by atoms with E-state index in [1.165, 1.54) is 22.5 Å². The molecule has 0 saturated carbocycles. The number of nitrogens with one attached hydrogen (secondary N) is 1. The van der Waals surface area contributed by atoms with Gasteiger partial charge in [-0.3, -0.25) is 0 Å². The van der Waals surface area contributed by atoms with Crippen LogP contribution < -0.4 is 5.32 Å². The highest BCUT2D eigenvalue weighted by atomic mass is 32.2. The molecule has 2 rings (SSSR count). The first kappa shape index (κ1) is 15.0. The van der Waals surface area contributed by atoms with Gasteiger partial charge >= 0.3 is 5.97 Å². The molecule has 7 heteroatoms. The van der Waals surface area contributed by atoms with Gasteiger partial charge < -0.3 is 10.4 Å². The van der Waals surface area contributed by atoms with E-state index in [4.69, 9.17) is 5.11 Å². The molecule has 20 heavy (non-hydrogen) atoms. The second-order valence-electron chi connectivity index (χ2n) is 4.79. The maximum absolute atomic E-state index is 12.5. The van der Waals surface area contributed by atoms with Gasteiger partial charge in [0.25, 0.3) is 0 Å². The fraction of sp³-hybridized carbons (Fsp3) is 0.462. The number of hydrogen-bond donors (Lipinski definition) is 2. The number of sulfonamides is 1. The number of rotatable bonds is 3. The Bertz CT molecular complexity index is 605. The number of benzene rings is 1. The van der Waals surface area contributed by atoms with Gasteiger partial charge in [0, 0.05) is 19.6 Å². The van der Waals surface area contributed by atoms with Gasteiger partial charge in [0.1, 0.15) is 0 Å². The van der Waals surface area contributed by atoms with Crippen LogP contribution in [0.4, 0.5) is 0 Å². The highest BCUT2D eigenvalue weighted by molar-refractivity contribution is 7.89. The molecule has 0 radical (unpaired) electrons. The summed E-state index contributed by atoms with van der Waals surface area (Å²) in [4.78, 5) is 11.2. The monoisotopic (exact) mass is 298 g/mol. The molecule has 1 aliphatic rings. The zero-order valence-electron chi connectivity index (χ0n) is 11.3. The average Bonchev–Trinajstić information content (AvgIpc) is 2.67. The molecule has 1 fully saturated rings. The highest BCUT2D eigenvalue weighted by Crippen LogP contribution is 2.20. The molecule has 2 N–H and O–H groups in total. The topological polar surface area (TPSA) is 86.7 Å². The number of nitrogens with zero attached hydrogens (tertiary/aromatic N) is 1. The van der Waals surface area contributed by atoms with E-state index < -0.39 is 16.0 Å². The summed E-state index contributed by atoms with van der Waals surface area (Å²) in [5.74, 6) is -1.11. The first-order valence-corrected chi connectivity index (χ1v) is 7.92. The average molecular weight is 298 g/mol. The third kappa shape index (κ3) is 3.00. The molecule has 0 bridgehead atoms. The van der Waals surface area contributed by atoms with Crippen LogP contribution in [0.3, 0.4) is 0 Å². The molecular formula is C13H18N2O4S. The first-order valence-electron chi connectivity index (χ1n) is 6.48. The molecule has 0 spiro atoms. The second-order valence-corrected chi connectivity index (χ2v) is 6.73. The van der Waals surface area contributed by atoms with Gasteiger partial charge in [-0.2, -0.15) is 4.31 Å². The fourth-order valence-corrected chi connectivity index (χ4v) is 3.71. The standard InChI is InChI=1S/C13H18N2O4S/c1-10-3-4-11(9-12(10)13(16)17)20(18,19)15-7-2-5-14-6-8-15/h3-4,9,14H,2,5-8H2,1H3,(H,16,17). The van der Waals surface area contributed by atoms with E-state index in [1.54, 1.807) is 6.92 Å². The van der Waals surface area contributed by atoms with E-state index >= 15 is 0 Å². The molecule has 0 amide bonds. The van der Waals surface area contributed by atoms with E-state index in [1.807, 2.05) is 0 Å². The molecule has 0 unspecified atom stereocenters. The molecule has 110 valence electrons. The minimum Gasteiger partial charge on any atom is -0.478 e. The van der Waals surface area contributed by atoms with Gasteiger partial charge in [-0.15, -0.1) is 0 Å². The number of carboxylic acid groups (broad SMARTS) is 1. The fourth-order valence-electron chi connectivity index (χ4n) is 2.20. The predicted molar refractivity (Wildman–Crippen MR) is 74.4 cm³/mol. The van der Waals surface area contributed by atoms with Gasteiger partial charge in [0.15, 0.2) is 0 Å². The lowest BCUT2D eigenvalue weighted by Crippen LogP contribution is -2.34. The van der Waals surface area contributed by atoms with Gasteiger partial charge in [0.2, 0.25) is 10.0 Å². The van der Waals surface area contributed by atoms with Crippen LogP contribution in [0.25, 0.3) is 0 Å². The number of carbonyl (C=O) groups is 1. The van der Waals surface area contributed by atoms with E-state index in [2.05, 4.69) is 5.32 Å². The first-order chi connectivity index (χ1) is 9.43. The van der Waals surface area contributed by atoms with Gasteiger partial charge in [-0.05, 0) is 37.6 Å². The van der Waals surface area contributed by atoms with Crippen molar-refractivity contribution in [1.29, 1.82) is 0 Å². The molecule has 1 aromatic carbocycles. The molecular weight excluding hydrogens is 280 g/mol. The smallest absolute Gasteiger partial charge is 0.335 e. The zero-order chi connectivity index (χ0) is 14.8. The van der Waals surface area contributed by atoms with Crippen molar-refractivity contribution in [2.75, 3.05) is 26.2 Å². The molecule has 1 heterocycles. The summed E-state index contributed by atoms with van der Waals surface area (Å²) >= 11 is 0. The Hall–Kier alpha value is -1.44. The van der Waals surface area contributed by atoms with Crippen LogP contribution in [-0.4, -0.2) is 50.0 Å². The van der Waals surface area contributed by atoms with Crippen molar-refractivity contribution < 1.29 is 18.3 Å². The summed E-state index contributed by atoms with van der Waals surface area (Å²) in [5, 5.41) is 12.2. The highest BCUT2D eigenvalue weighted by Gasteiger charge is 2.26. The largest absolute Gasteiger partial charge is 0.478 e. The normalized spacial score (nSPS) is 17.6. The summed E-state index contributed by atoms with van der Waals surface area (Å²) in [5.41, 5.74) is 0.577. The summed E-state index contributed by atoms with van der Waals surface area (Å²) < 4.78 is 26.5. The van der Waals surface area contributed by atoms with Crippen molar-refractivity contribution in [2.24, 2.45) is 0 Å². The van der Waals surface area contributed by atoms with Crippen molar-refractivity contribution in [3.05, 3.63) is 29.3 Å². The predicted octanol–water partition coefficient (Wildman–Crippen LogP) is 0.677. The lowest BCUT2D eigenvalue weighted by Gasteiger charge is -2.20. The van der Waals surface area contributed by atoms with Crippen LogP contribution in [0.1, 0.15) is 22.3 Å². The van der Waals surface area contributed by atoms with Crippen LogP contribution >= 0.6 is 0 Å². The van der Waals surface area contributed by atoms with Gasteiger partial charge in [0.05, 0.1) is 10.5 Å². The van der Waals surface area contributed by atoms with E-state index in [-0.39, 0.29) is 10.5 Å². The minimum atomic E-state index is -3.63. The molecule has 6 nitrogen and oxygen atoms in total. The lowest BCUT2D eigenvalue weighted by molar-refractivity contribution is 0.0696. The Morgan fingerprint density at radius 1 is 1.30 bits per heavy atom. The molecule has 0 aliphatic carbocycles. The van der Waals surface area contributed by atoms with E-state index in [0.29, 0.717) is 25.2 Å². The number of hydrogen-bond acceptors (Lipinski definition) is 4. The lowest BCUT2D eigenvalue weighted by atomic mass is 10.1. The van der Waals surface area contributed by atoms with Crippen molar-refractivity contribution in [2.45, 2.75) is 18.2 Å². The van der Waals surface area contributed by atoms with Crippen LogP contribution in [-0.2, 0) is 10.0 Å². The zero-order valence-corrected chi connectivity index (χ0v) is 12.1. The van der Waals surface area contributed by atoms with E-state index in [9.17, 15) is 13.2 Å². The Labute approximate surface area is 118 Å². The quantitative estimate of drug-likeness (QED) is 0.857. The van der Waals surface area contributed by atoms with Crippen LogP contribution in [0.15, 0.2) is 23.1 Å². The van der Waals surface area contributed by atoms with Crippen LogP contribution in [0, 0.1) is 6.92 Å². The van der Waals surface area contributed by atoms with Crippen LogP contribution in [0.2, 0.25) is 0 Å². The number of aryl methyl sites for hydroxylation is 1. The van der Waals surface area contributed by atoms with Gasteiger partial charge in [-0.1, -0.05) is 6.07 Å². The third-order valence-electron chi connectivity index (χ3n) is 3.38. The Kier molecular flexibility index (Phi) is 4.42. The molecule has 1 aromatic rings. The maximum atomic E-state index is 12.5. The minimum absolute atomic E-state index is 0.0269. The van der Waals surface area contributed by atoms with Crippen molar-refractivity contribution in [3.63, 3.8) is 0 Å². The maximum Gasteiger partial charge on any atom is 0.335 e. The van der Waals surface area contributed by atoms with Crippen molar-refractivity contribution in [3.8, 4) is 0 Å². The third-order valence-corrected chi connectivity index (χ3v) is 5.27. The SMILES string of the molecule is Cc1ccc(S(=O)(=O)N2CCCNCC2)cc1C(=O)O. The number of carboxylic acids is 1. The van der Waals surface area contributed by atoms with Gasteiger partial charge in [-0.25, -0.2) is 13.2 Å². The summed E-state index contributed by atoms with van der Waals surface area (Å²) in [6, 6.07) is 4.24. The Balaban J connectivity index is 2.38. The van der Waals surface area contributed by atoms with E-state index in [0.717, 1.165) is 13.0 Å². The molecule has 0 aromatic heterocycles. The van der Waals surface area contributed by atoms with Crippen LogP contribution in [0.5, 0.6) is 0 Å². The van der Waals surface area contributed by atoms with Crippen molar-refractivity contribution >= 4 is 16.0 Å². The Morgan fingerprint density at radius 2 is 2.05 bits per heavy atom. The van der Waals surface area contributed by atoms with Crippen molar-refractivity contribution in [1.82, 2.24) is 9.62 Å². The molecule has 1 saturated heterocycles. The molecule has 0 atom stereocenters.